The summed E-state index contributed by atoms with van der Waals surface area (Å²) in [5.41, 5.74) is 3.69. The van der Waals surface area contributed by atoms with E-state index in [2.05, 4.69) is 21.2 Å². The van der Waals surface area contributed by atoms with E-state index in [-0.39, 0.29) is 5.82 Å². The molecule has 0 spiro atoms. The van der Waals surface area contributed by atoms with E-state index in [1.807, 2.05) is 47.9 Å². The van der Waals surface area contributed by atoms with Gasteiger partial charge in [0.25, 0.3) is 0 Å². The second kappa shape index (κ2) is 7.72. The highest BCUT2D eigenvalue weighted by Crippen LogP contribution is 2.30. The topological polar surface area (TPSA) is 43.6 Å². The number of nitrogens with zero attached hydrogens (tertiary/aromatic N) is 4. The molecule has 0 saturated heterocycles. The molecular formula is C21H17FN4S. The van der Waals surface area contributed by atoms with Crippen LogP contribution in [0.1, 0.15) is 11.1 Å². The van der Waals surface area contributed by atoms with Gasteiger partial charge in [-0.2, -0.15) is 0 Å². The highest BCUT2D eigenvalue weighted by atomic mass is 32.2. The quantitative estimate of drug-likeness (QED) is 0.456. The standard InChI is InChI=1S/C21H17FN4S/c1-15-5-4-7-18(13-15)26-20(16-9-11-23-12-10-16)24-25-21(26)27-14-17-6-2-3-8-19(17)22/h2-13H,14H2,1H3. The lowest BCUT2D eigenvalue weighted by Crippen LogP contribution is -2.00. The molecule has 0 aliphatic carbocycles. The van der Waals surface area contributed by atoms with Crippen molar-refractivity contribution in [1.82, 2.24) is 19.7 Å². The molecule has 0 saturated carbocycles. The Morgan fingerprint density at radius 3 is 2.56 bits per heavy atom. The van der Waals surface area contributed by atoms with Crippen molar-refractivity contribution in [2.24, 2.45) is 0 Å². The van der Waals surface area contributed by atoms with E-state index in [1.165, 1.54) is 17.8 Å². The molecule has 0 N–H and O–H groups in total. The van der Waals surface area contributed by atoms with E-state index in [4.69, 9.17) is 0 Å². The van der Waals surface area contributed by atoms with Gasteiger partial charge in [-0.05, 0) is 48.4 Å². The van der Waals surface area contributed by atoms with Gasteiger partial charge >= 0.3 is 0 Å². The molecule has 0 atom stereocenters. The van der Waals surface area contributed by atoms with Gasteiger partial charge in [0.2, 0.25) is 0 Å². The second-order valence-corrected chi connectivity index (χ2v) is 7.04. The Morgan fingerprint density at radius 1 is 0.963 bits per heavy atom. The average molecular weight is 376 g/mol. The van der Waals surface area contributed by atoms with E-state index in [1.54, 1.807) is 24.5 Å². The van der Waals surface area contributed by atoms with Gasteiger partial charge in [0, 0.05) is 29.4 Å². The first kappa shape index (κ1) is 17.4. The first-order valence-electron chi connectivity index (χ1n) is 8.51. The minimum Gasteiger partial charge on any atom is -0.270 e. The predicted octanol–water partition coefficient (Wildman–Crippen LogP) is 5.07. The summed E-state index contributed by atoms with van der Waals surface area (Å²) in [7, 11) is 0. The largest absolute Gasteiger partial charge is 0.270 e. The molecule has 134 valence electrons. The molecule has 2 aromatic carbocycles. The van der Waals surface area contributed by atoms with Crippen molar-refractivity contribution < 1.29 is 4.39 Å². The second-order valence-electron chi connectivity index (χ2n) is 6.10. The fourth-order valence-corrected chi connectivity index (χ4v) is 3.75. The molecule has 0 bridgehead atoms. The number of thioether (sulfide) groups is 1. The molecule has 0 aliphatic rings. The van der Waals surface area contributed by atoms with Crippen molar-refractivity contribution in [3.63, 3.8) is 0 Å². The third-order valence-electron chi connectivity index (χ3n) is 4.15. The number of hydrogen-bond acceptors (Lipinski definition) is 4. The Morgan fingerprint density at radius 2 is 1.78 bits per heavy atom. The minimum absolute atomic E-state index is 0.207. The van der Waals surface area contributed by atoms with Gasteiger partial charge in [0.1, 0.15) is 5.82 Å². The predicted molar refractivity (Wildman–Crippen MR) is 105 cm³/mol. The van der Waals surface area contributed by atoms with Crippen molar-refractivity contribution in [1.29, 1.82) is 0 Å². The van der Waals surface area contributed by atoms with Crippen LogP contribution in [-0.4, -0.2) is 19.7 Å². The highest BCUT2D eigenvalue weighted by molar-refractivity contribution is 7.98. The van der Waals surface area contributed by atoms with Crippen LogP contribution in [0.2, 0.25) is 0 Å². The van der Waals surface area contributed by atoms with Crippen LogP contribution < -0.4 is 0 Å². The molecule has 4 aromatic rings. The summed E-state index contributed by atoms with van der Waals surface area (Å²) in [6.45, 7) is 2.05. The van der Waals surface area contributed by atoms with Crippen LogP contribution in [0.15, 0.2) is 78.2 Å². The molecule has 0 radical (unpaired) electrons. The van der Waals surface area contributed by atoms with Crippen LogP contribution in [0.3, 0.4) is 0 Å². The summed E-state index contributed by atoms with van der Waals surface area (Å²) in [6, 6.07) is 18.8. The summed E-state index contributed by atoms with van der Waals surface area (Å²) in [5.74, 6) is 1.01. The SMILES string of the molecule is Cc1cccc(-n2c(SCc3ccccc3F)nnc2-c2ccncc2)c1. The molecule has 0 unspecified atom stereocenters. The number of pyridine rings is 1. The Bertz CT molecular complexity index is 1060. The summed E-state index contributed by atoms with van der Waals surface area (Å²) < 4.78 is 16.0. The number of rotatable bonds is 5. The van der Waals surface area contributed by atoms with Crippen LogP contribution in [0, 0.1) is 12.7 Å². The molecule has 0 amide bonds. The Hall–Kier alpha value is -2.99. The maximum absolute atomic E-state index is 14.0. The zero-order valence-corrected chi connectivity index (χ0v) is 15.5. The fraction of sp³-hybridized carbons (Fsp3) is 0.0952. The van der Waals surface area contributed by atoms with E-state index in [9.17, 15) is 4.39 Å². The van der Waals surface area contributed by atoms with Gasteiger partial charge < -0.3 is 0 Å². The molecule has 2 heterocycles. The number of halogens is 1. The Kier molecular flexibility index (Phi) is 4.98. The zero-order chi connectivity index (χ0) is 18.6. The average Bonchev–Trinajstić information content (AvgIpc) is 3.12. The summed E-state index contributed by atoms with van der Waals surface area (Å²) in [6.07, 6.45) is 3.47. The summed E-state index contributed by atoms with van der Waals surface area (Å²) in [4.78, 5) is 4.08. The molecule has 6 heteroatoms. The third-order valence-corrected chi connectivity index (χ3v) is 5.12. The first-order chi connectivity index (χ1) is 13.2. The van der Waals surface area contributed by atoms with Gasteiger partial charge in [-0.15, -0.1) is 10.2 Å². The van der Waals surface area contributed by atoms with E-state index < -0.39 is 0 Å². The van der Waals surface area contributed by atoms with Gasteiger partial charge in [-0.25, -0.2) is 4.39 Å². The third kappa shape index (κ3) is 3.75. The molecule has 27 heavy (non-hydrogen) atoms. The van der Waals surface area contributed by atoms with Crippen molar-refractivity contribution in [3.05, 3.63) is 90.0 Å². The normalized spacial score (nSPS) is 10.9. The summed E-state index contributed by atoms with van der Waals surface area (Å²) in [5, 5.41) is 9.49. The highest BCUT2D eigenvalue weighted by Gasteiger charge is 2.17. The van der Waals surface area contributed by atoms with Crippen LogP contribution in [0.5, 0.6) is 0 Å². The van der Waals surface area contributed by atoms with Gasteiger partial charge in [-0.3, -0.25) is 9.55 Å². The Labute approximate surface area is 161 Å². The number of aromatic nitrogens is 4. The fourth-order valence-electron chi connectivity index (χ4n) is 2.81. The lowest BCUT2D eigenvalue weighted by Gasteiger charge is -2.11. The number of aryl methyl sites for hydroxylation is 1. The number of benzene rings is 2. The van der Waals surface area contributed by atoms with Crippen LogP contribution >= 0.6 is 11.8 Å². The maximum Gasteiger partial charge on any atom is 0.196 e. The van der Waals surface area contributed by atoms with Crippen molar-refractivity contribution in [2.45, 2.75) is 17.8 Å². The van der Waals surface area contributed by atoms with Crippen molar-refractivity contribution in [2.75, 3.05) is 0 Å². The molecule has 0 fully saturated rings. The molecular weight excluding hydrogens is 359 g/mol. The smallest absolute Gasteiger partial charge is 0.196 e. The first-order valence-corrected chi connectivity index (χ1v) is 9.50. The molecule has 2 aromatic heterocycles. The lowest BCUT2D eigenvalue weighted by atomic mass is 10.2. The molecule has 0 aliphatic heterocycles. The van der Waals surface area contributed by atoms with Gasteiger partial charge in [0.05, 0.1) is 0 Å². The van der Waals surface area contributed by atoms with Crippen LogP contribution in [0.25, 0.3) is 17.1 Å². The maximum atomic E-state index is 14.0. The van der Waals surface area contributed by atoms with Gasteiger partial charge in [-0.1, -0.05) is 42.1 Å². The van der Waals surface area contributed by atoms with E-state index in [0.29, 0.717) is 11.3 Å². The van der Waals surface area contributed by atoms with E-state index >= 15 is 0 Å². The van der Waals surface area contributed by atoms with Crippen molar-refractivity contribution >= 4 is 11.8 Å². The van der Waals surface area contributed by atoms with Crippen LogP contribution in [0.4, 0.5) is 4.39 Å². The zero-order valence-electron chi connectivity index (χ0n) is 14.7. The van der Waals surface area contributed by atoms with Crippen molar-refractivity contribution in [3.8, 4) is 17.1 Å². The van der Waals surface area contributed by atoms with E-state index in [0.717, 1.165) is 27.8 Å². The number of hydrogen-bond donors (Lipinski definition) is 0. The lowest BCUT2D eigenvalue weighted by molar-refractivity contribution is 0.617. The Balaban J connectivity index is 1.75. The minimum atomic E-state index is -0.207. The monoisotopic (exact) mass is 376 g/mol. The van der Waals surface area contributed by atoms with Crippen LogP contribution in [-0.2, 0) is 5.75 Å². The van der Waals surface area contributed by atoms with Gasteiger partial charge in [0.15, 0.2) is 11.0 Å². The summed E-state index contributed by atoms with van der Waals surface area (Å²) >= 11 is 1.46. The molecule has 4 rings (SSSR count). The molecule has 4 nitrogen and oxygen atoms in total.